The van der Waals surface area contributed by atoms with Gasteiger partial charge < -0.3 is 15.4 Å². The van der Waals surface area contributed by atoms with Crippen molar-refractivity contribution in [1.82, 2.24) is 9.88 Å². The van der Waals surface area contributed by atoms with Crippen LogP contribution in [0.2, 0.25) is 0 Å². The van der Waals surface area contributed by atoms with E-state index in [0.29, 0.717) is 23.5 Å². The molecule has 2 aromatic rings. The van der Waals surface area contributed by atoms with Gasteiger partial charge in [0.15, 0.2) is 5.84 Å². The maximum absolute atomic E-state index is 12.9. The number of fused-ring (bicyclic) bond motifs is 1. The molecular weight excluding hydrogens is 406 g/mol. The summed E-state index contributed by atoms with van der Waals surface area (Å²) in [6.07, 6.45) is 4.72. The van der Waals surface area contributed by atoms with Gasteiger partial charge >= 0.3 is 10.2 Å². The zero-order valence-electron chi connectivity index (χ0n) is 16.3. The summed E-state index contributed by atoms with van der Waals surface area (Å²) in [5, 5.41) is 0. The number of anilines is 1. The largest absolute Gasteiger partial charge is 0.491 e. The number of carbonyl (C=O) groups excluding carboxylic acids is 1. The summed E-state index contributed by atoms with van der Waals surface area (Å²) in [6.45, 7) is 0.959. The number of likely N-dealkylation sites (tertiary alicyclic amines) is 1. The first kappa shape index (κ1) is 20.1. The highest BCUT2D eigenvalue weighted by molar-refractivity contribution is 7.91. The van der Waals surface area contributed by atoms with Crippen LogP contribution in [-0.2, 0) is 21.4 Å². The fourth-order valence-electron chi connectivity index (χ4n) is 3.78. The van der Waals surface area contributed by atoms with Gasteiger partial charge in [0.25, 0.3) is 0 Å². The second-order valence-corrected chi connectivity index (χ2v) is 8.61. The van der Waals surface area contributed by atoms with Gasteiger partial charge in [-0.3, -0.25) is 14.5 Å². The summed E-state index contributed by atoms with van der Waals surface area (Å²) in [7, 11) is -3.85. The number of rotatable bonds is 5. The van der Waals surface area contributed by atoms with E-state index >= 15 is 0 Å². The quantitative estimate of drug-likeness (QED) is 0.741. The molecule has 0 saturated carbocycles. The molecule has 0 aliphatic carbocycles. The van der Waals surface area contributed by atoms with Crippen LogP contribution in [0.25, 0.3) is 0 Å². The third-order valence-electron chi connectivity index (χ3n) is 5.18. The minimum atomic E-state index is -3.85. The lowest BCUT2D eigenvalue weighted by molar-refractivity contribution is -0.135. The molecule has 0 unspecified atom stereocenters. The average Bonchev–Trinajstić information content (AvgIpc) is 2.72. The van der Waals surface area contributed by atoms with E-state index in [-0.39, 0.29) is 30.8 Å². The van der Waals surface area contributed by atoms with Gasteiger partial charge in [0.1, 0.15) is 12.4 Å². The smallest absolute Gasteiger partial charge is 0.344 e. The lowest BCUT2D eigenvalue weighted by Crippen LogP contribution is -2.47. The van der Waals surface area contributed by atoms with Crippen LogP contribution in [-0.4, -0.2) is 49.2 Å². The number of ether oxygens (including phenoxy) is 1. The lowest BCUT2D eigenvalue weighted by atomic mass is 10.0. The number of amides is 1. The Morgan fingerprint density at radius 3 is 2.90 bits per heavy atom. The number of hydrogen-bond donors (Lipinski definition) is 2. The number of nitrogens with two attached hydrogens (primary N) is 1. The van der Waals surface area contributed by atoms with Crippen LogP contribution in [0.5, 0.6) is 5.75 Å². The van der Waals surface area contributed by atoms with Gasteiger partial charge in [0, 0.05) is 18.4 Å². The first-order chi connectivity index (χ1) is 14.4. The van der Waals surface area contributed by atoms with Crippen molar-refractivity contribution in [1.29, 1.82) is 0 Å². The number of nitrogens with zero attached hydrogens (tertiary/aromatic N) is 3. The monoisotopic (exact) mass is 429 g/mol. The van der Waals surface area contributed by atoms with Crippen molar-refractivity contribution in [3.05, 3.63) is 53.9 Å². The van der Waals surface area contributed by atoms with Crippen molar-refractivity contribution < 1.29 is 17.9 Å². The van der Waals surface area contributed by atoms with Crippen molar-refractivity contribution in [3.8, 4) is 5.75 Å². The second kappa shape index (κ2) is 8.31. The molecule has 3 heterocycles. The molecule has 2 aliphatic heterocycles. The molecule has 1 aromatic heterocycles. The normalized spacial score (nSPS) is 19.9. The van der Waals surface area contributed by atoms with E-state index in [1.54, 1.807) is 24.4 Å². The highest BCUT2D eigenvalue weighted by atomic mass is 32.2. The van der Waals surface area contributed by atoms with Crippen molar-refractivity contribution in [2.75, 3.05) is 17.9 Å². The Morgan fingerprint density at radius 2 is 2.10 bits per heavy atom. The van der Waals surface area contributed by atoms with Crippen molar-refractivity contribution >= 4 is 27.6 Å². The molecule has 4 rings (SSSR count). The summed E-state index contributed by atoms with van der Waals surface area (Å²) in [5.41, 5.74) is 7.35. The molecule has 0 spiro atoms. The zero-order chi connectivity index (χ0) is 21.1. The number of pyridine rings is 1. The Bertz CT molecular complexity index is 1070. The molecule has 1 aromatic carbocycles. The number of aromatic nitrogens is 1. The first-order valence-electron chi connectivity index (χ1n) is 9.77. The van der Waals surface area contributed by atoms with Crippen LogP contribution < -0.4 is 15.2 Å². The molecule has 10 heteroatoms. The minimum absolute atomic E-state index is 0.0194. The summed E-state index contributed by atoms with van der Waals surface area (Å²) >= 11 is 0. The molecule has 1 amide bonds. The number of piperidine rings is 1. The Kier molecular flexibility index (Phi) is 5.58. The highest BCUT2D eigenvalue weighted by Crippen LogP contribution is 2.31. The predicted molar refractivity (Wildman–Crippen MR) is 112 cm³/mol. The molecule has 3 N–H and O–H groups in total. The maximum atomic E-state index is 12.9. The molecule has 1 fully saturated rings. The van der Waals surface area contributed by atoms with Crippen molar-refractivity contribution in [2.45, 2.75) is 31.7 Å². The Morgan fingerprint density at radius 1 is 1.23 bits per heavy atom. The van der Waals surface area contributed by atoms with E-state index in [2.05, 4.69) is 14.1 Å². The van der Waals surface area contributed by atoms with Gasteiger partial charge in [0.05, 0.1) is 23.7 Å². The number of nitrogens with one attached hydrogen (secondary N) is 1. The summed E-state index contributed by atoms with van der Waals surface area (Å²) < 4.78 is 35.3. The molecule has 1 saturated heterocycles. The van der Waals surface area contributed by atoms with Crippen LogP contribution in [0.15, 0.2) is 47.0 Å². The predicted octanol–water partition coefficient (Wildman–Crippen LogP) is 1.46. The van der Waals surface area contributed by atoms with E-state index in [0.717, 1.165) is 25.0 Å². The molecule has 158 valence electrons. The van der Waals surface area contributed by atoms with Crippen LogP contribution >= 0.6 is 0 Å². The molecule has 0 radical (unpaired) electrons. The SMILES string of the molecule is NC1=NS(=O)(=O)Nc2cccc(OC[C@H]3CCCCN3C(=O)Cc3ccccn3)c21. The Labute approximate surface area is 175 Å². The molecule has 2 aliphatic rings. The van der Waals surface area contributed by atoms with E-state index in [9.17, 15) is 13.2 Å². The van der Waals surface area contributed by atoms with Gasteiger partial charge in [-0.15, -0.1) is 4.40 Å². The van der Waals surface area contributed by atoms with Crippen LogP contribution in [0.3, 0.4) is 0 Å². The van der Waals surface area contributed by atoms with Gasteiger partial charge in [-0.1, -0.05) is 12.1 Å². The average molecular weight is 430 g/mol. The minimum Gasteiger partial charge on any atom is -0.491 e. The number of benzene rings is 1. The number of amidine groups is 1. The summed E-state index contributed by atoms with van der Waals surface area (Å²) in [5.74, 6) is 0.329. The van der Waals surface area contributed by atoms with Crippen molar-refractivity contribution in [3.63, 3.8) is 0 Å². The molecule has 0 bridgehead atoms. The zero-order valence-corrected chi connectivity index (χ0v) is 17.1. The number of hydrogen-bond acceptors (Lipinski definition) is 6. The van der Waals surface area contributed by atoms with Crippen LogP contribution in [0.4, 0.5) is 5.69 Å². The van der Waals surface area contributed by atoms with Gasteiger partial charge in [0.2, 0.25) is 5.91 Å². The van der Waals surface area contributed by atoms with E-state index in [1.807, 2.05) is 23.1 Å². The third kappa shape index (κ3) is 4.38. The maximum Gasteiger partial charge on any atom is 0.344 e. The van der Waals surface area contributed by atoms with Gasteiger partial charge in [-0.2, -0.15) is 8.42 Å². The number of carbonyl (C=O) groups is 1. The standard InChI is InChI=1S/C20H23N5O4S/c21-20-19-16(23-30(27,28)24-20)8-5-9-17(19)29-13-15-7-2-4-11-25(15)18(26)12-14-6-1-3-10-22-14/h1,3,5-6,8-10,15,23H,2,4,7,11-13H2,(H2,21,24)/t15-/m1/s1. The Balaban J connectivity index is 1.48. The lowest BCUT2D eigenvalue weighted by Gasteiger charge is -2.36. The van der Waals surface area contributed by atoms with Gasteiger partial charge in [-0.25, -0.2) is 0 Å². The topological polar surface area (TPSA) is 127 Å². The van der Waals surface area contributed by atoms with Crippen LogP contribution in [0.1, 0.15) is 30.5 Å². The van der Waals surface area contributed by atoms with Crippen molar-refractivity contribution in [2.24, 2.45) is 10.1 Å². The molecule has 9 nitrogen and oxygen atoms in total. The summed E-state index contributed by atoms with van der Waals surface area (Å²) in [4.78, 5) is 19.0. The molecule has 30 heavy (non-hydrogen) atoms. The third-order valence-corrected chi connectivity index (χ3v) is 6.09. The Hall–Kier alpha value is -3.14. The molecule has 1 atom stereocenters. The fourth-order valence-corrected chi connectivity index (χ4v) is 4.63. The van der Waals surface area contributed by atoms with Crippen LogP contribution in [0, 0.1) is 0 Å². The molecular formula is C20H23N5O4S. The second-order valence-electron chi connectivity index (χ2n) is 7.28. The first-order valence-corrected chi connectivity index (χ1v) is 11.2. The van der Waals surface area contributed by atoms with E-state index < -0.39 is 10.2 Å². The summed E-state index contributed by atoms with van der Waals surface area (Å²) in [6, 6.07) is 10.4. The highest BCUT2D eigenvalue weighted by Gasteiger charge is 2.29. The fraction of sp³-hybridized carbons (Fsp3) is 0.350. The van der Waals surface area contributed by atoms with E-state index in [4.69, 9.17) is 10.5 Å². The van der Waals surface area contributed by atoms with E-state index in [1.165, 1.54) is 0 Å². The van der Waals surface area contributed by atoms with Gasteiger partial charge in [-0.05, 0) is 43.5 Å².